The van der Waals surface area contributed by atoms with Crippen LogP contribution in [0.4, 0.5) is 11.4 Å². The Morgan fingerprint density at radius 3 is 2.30 bits per heavy atom. The summed E-state index contributed by atoms with van der Waals surface area (Å²) < 4.78 is 0. The highest BCUT2D eigenvalue weighted by Crippen LogP contribution is 2.35. The van der Waals surface area contributed by atoms with E-state index in [0.717, 1.165) is 46.5 Å². The highest BCUT2D eigenvalue weighted by atomic mass is 35.5. The summed E-state index contributed by atoms with van der Waals surface area (Å²) in [6.45, 7) is 0.565. The highest BCUT2D eigenvalue weighted by Gasteiger charge is 2.37. The van der Waals surface area contributed by atoms with Crippen LogP contribution in [0.3, 0.4) is 0 Å². The van der Waals surface area contributed by atoms with Crippen LogP contribution in [-0.4, -0.2) is 27.9 Å². The lowest BCUT2D eigenvalue weighted by Gasteiger charge is -2.33. The minimum atomic E-state index is -0.750. The first-order valence-corrected chi connectivity index (χ1v) is 11.7. The third kappa shape index (κ3) is 4.46. The number of nitrogens with zero attached hydrogens (tertiary/aromatic N) is 1. The van der Waals surface area contributed by atoms with Crippen molar-refractivity contribution < 1.29 is 14.7 Å². The molecule has 1 aliphatic heterocycles. The molecule has 0 aromatic heterocycles. The summed E-state index contributed by atoms with van der Waals surface area (Å²) in [5.74, 6) is -1.08. The average Bonchev–Trinajstić information content (AvgIpc) is 3.17. The van der Waals surface area contributed by atoms with Crippen LogP contribution in [0.2, 0.25) is 5.02 Å². The summed E-state index contributed by atoms with van der Waals surface area (Å²) in [6.07, 6.45) is 2.97. The Bertz CT molecular complexity index is 1190. The van der Waals surface area contributed by atoms with Crippen LogP contribution in [-0.2, 0) is 11.3 Å². The molecule has 0 spiro atoms. The molecule has 1 amide bonds. The van der Waals surface area contributed by atoms with Crippen molar-refractivity contribution in [2.75, 3.05) is 5.32 Å². The molecule has 6 heteroatoms. The van der Waals surface area contributed by atoms with Crippen molar-refractivity contribution in [1.29, 1.82) is 0 Å². The molecular weight excluding hydrogens is 436 g/mol. The molecule has 0 radical (unpaired) electrons. The number of rotatable bonds is 5. The van der Waals surface area contributed by atoms with E-state index in [4.69, 9.17) is 11.6 Å². The lowest BCUT2D eigenvalue weighted by atomic mass is 9.85. The van der Waals surface area contributed by atoms with E-state index in [0.29, 0.717) is 24.4 Å². The van der Waals surface area contributed by atoms with Gasteiger partial charge in [0, 0.05) is 34.5 Å². The van der Waals surface area contributed by atoms with Gasteiger partial charge >= 0.3 is 5.97 Å². The molecule has 5 rings (SSSR count). The Hall–Kier alpha value is -3.31. The molecule has 0 bridgehead atoms. The van der Waals surface area contributed by atoms with E-state index in [1.165, 1.54) is 0 Å². The van der Waals surface area contributed by atoms with Crippen molar-refractivity contribution in [3.63, 3.8) is 0 Å². The summed E-state index contributed by atoms with van der Waals surface area (Å²) >= 11 is 5.95. The van der Waals surface area contributed by atoms with Crippen molar-refractivity contribution in [3.8, 4) is 11.1 Å². The lowest BCUT2D eigenvalue weighted by Crippen LogP contribution is -2.40. The maximum absolute atomic E-state index is 13.2. The zero-order valence-corrected chi connectivity index (χ0v) is 18.9. The maximum atomic E-state index is 13.2. The SMILES string of the molecule is O=C(O)C1CCCC(N2Cc3ccc(-c4ccc(Nc5ccc(Cl)cc5)cc4)cc3C2=O)C1. The Morgan fingerprint density at radius 2 is 1.61 bits per heavy atom. The molecule has 2 atom stereocenters. The number of carbonyl (C=O) groups excluding carboxylic acids is 1. The Morgan fingerprint density at radius 1 is 0.939 bits per heavy atom. The molecule has 0 saturated heterocycles. The van der Waals surface area contributed by atoms with Gasteiger partial charge in [0.05, 0.1) is 5.92 Å². The number of halogens is 1. The molecule has 2 N–H and O–H groups in total. The number of hydrogen-bond acceptors (Lipinski definition) is 3. The zero-order chi connectivity index (χ0) is 22.9. The Balaban J connectivity index is 1.31. The van der Waals surface area contributed by atoms with Crippen molar-refractivity contribution in [2.45, 2.75) is 38.3 Å². The van der Waals surface area contributed by atoms with Gasteiger partial charge in [0.15, 0.2) is 0 Å². The predicted octanol–water partition coefficient (Wildman–Crippen LogP) is 6.35. The van der Waals surface area contributed by atoms with E-state index in [-0.39, 0.29) is 17.9 Å². The molecule has 1 aliphatic carbocycles. The molecular formula is C27H25ClN2O3. The third-order valence-electron chi connectivity index (χ3n) is 6.73. The van der Waals surface area contributed by atoms with Crippen LogP contribution in [0.15, 0.2) is 66.7 Å². The summed E-state index contributed by atoms with van der Waals surface area (Å²) in [7, 11) is 0. The van der Waals surface area contributed by atoms with Crippen LogP contribution in [0.25, 0.3) is 11.1 Å². The standard InChI is InChI=1S/C27H25ClN2O3/c28-21-8-12-23(13-9-21)29-22-10-6-17(7-11-22)18-4-5-20-16-30(26(31)25(20)15-18)24-3-1-2-19(14-24)27(32)33/h4-13,15,19,24,29H,1-3,14,16H2,(H,32,33). The minimum Gasteiger partial charge on any atom is -0.481 e. The molecule has 1 fully saturated rings. The smallest absolute Gasteiger partial charge is 0.306 e. The van der Waals surface area contributed by atoms with Gasteiger partial charge in [-0.15, -0.1) is 0 Å². The fraction of sp³-hybridized carbons (Fsp3) is 0.259. The van der Waals surface area contributed by atoms with Gasteiger partial charge in [-0.1, -0.05) is 42.3 Å². The van der Waals surface area contributed by atoms with Gasteiger partial charge in [-0.2, -0.15) is 0 Å². The fourth-order valence-corrected chi connectivity index (χ4v) is 5.04. The van der Waals surface area contributed by atoms with Crippen LogP contribution in [0, 0.1) is 5.92 Å². The molecule has 5 nitrogen and oxygen atoms in total. The number of carboxylic acids is 1. The summed E-state index contributed by atoms with van der Waals surface area (Å²) in [5, 5.41) is 13.5. The monoisotopic (exact) mass is 460 g/mol. The minimum absolute atomic E-state index is 0.00132. The van der Waals surface area contributed by atoms with E-state index in [1.807, 2.05) is 65.6 Å². The summed E-state index contributed by atoms with van der Waals surface area (Å²) in [5.41, 5.74) is 5.71. The Labute approximate surface area is 198 Å². The molecule has 3 aromatic carbocycles. The zero-order valence-electron chi connectivity index (χ0n) is 18.1. The largest absolute Gasteiger partial charge is 0.481 e. The Kier molecular flexibility index (Phi) is 5.81. The lowest BCUT2D eigenvalue weighted by molar-refractivity contribution is -0.143. The number of carboxylic acid groups (broad SMARTS) is 1. The first-order valence-electron chi connectivity index (χ1n) is 11.3. The number of amides is 1. The topological polar surface area (TPSA) is 69.6 Å². The summed E-state index contributed by atoms with van der Waals surface area (Å²) in [4.78, 5) is 26.5. The maximum Gasteiger partial charge on any atom is 0.306 e. The van der Waals surface area contributed by atoms with Gasteiger partial charge in [-0.05, 0) is 78.4 Å². The van der Waals surface area contributed by atoms with E-state index in [9.17, 15) is 14.7 Å². The molecule has 168 valence electrons. The molecule has 2 aliphatic rings. The van der Waals surface area contributed by atoms with E-state index in [2.05, 4.69) is 11.4 Å². The third-order valence-corrected chi connectivity index (χ3v) is 6.98. The van der Waals surface area contributed by atoms with Gasteiger partial charge in [0.1, 0.15) is 0 Å². The number of aliphatic carboxylic acids is 1. The van der Waals surface area contributed by atoms with Crippen LogP contribution in [0.1, 0.15) is 41.6 Å². The van der Waals surface area contributed by atoms with Crippen molar-refractivity contribution >= 4 is 34.9 Å². The number of hydrogen-bond donors (Lipinski definition) is 2. The van der Waals surface area contributed by atoms with E-state index < -0.39 is 5.97 Å². The highest BCUT2D eigenvalue weighted by molar-refractivity contribution is 6.30. The number of carbonyl (C=O) groups is 2. The first-order chi connectivity index (χ1) is 16.0. The van der Waals surface area contributed by atoms with Crippen LogP contribution < -0.4 is 5.32 Å². The second-order valence-electron chi connectivity index (χ2n) is 8.87. The second kappa shape index (κ2) is 8.91. The fourth-order valence-electron chi connectivity index (χ4n) is 4.92. The number of fused-ring (bicyclic) bond motifs is 1. The van der Waals surface area contributed by atoms with E-state index in [1.54, 1.807) is 0 Å². The number of anilines is 2. The molecule has 2 unspecified atom stereocenters. The summed E-state index contributed by atoms with van der Waals surface area (Å²) in [6, 6.07) is 21.7. The average molecular weight is 461 g/mol. The van der Waals surface area contributed by atoms with Gasteiger partial charge in [0.25, 0.3) is 5.91 Å². The molecule has 33 heavy (non-hydrogen) atoms. The van der Waals surface area contributed by atoms with Crippen LogP contribution >= 0.6 is 11.6 Å². The van der Waals surface area contributed by atoms with Gasteiger partial charge < -0.3 is 15.3 Å². The second-order valence-corrected chi connectivity index (χ2v) is 9.31. The van der Waals surface area contributed by atoms with Gasteiger partial charge in [-0.3, -0.25) is 9.59 Å². The molecule has 3 aromatic rings. The molecule has 1 saturated carbocycles. The van der Waals surface area contributed by atoms with Crippen molar-refractivity contribution in [3.05, 3.63) is 82.9 Å². The normalized spacial score (nSPS) is 19.9. The quantitative estimate of drug-likeness (QED) is 0.465. The number of benzene rings is 3. The molecule has 1 heterocycles. The van der Waals surface area contributed by atoms with Crippen LogP contribution in [0.5, 0.6) is 0 Å². The van der Waals surface area contributed by atoms with Gasteiger partial charge in [-0.25, -0.2) is 0 Å². The number of nitrogens with one attached hydrogen (secondary N) is 1. The van der Waals surface area contributed by atoms with Crippen molar-refractivity contribution in [2.24, 2.45) is 5.92 Å². The van der Waals surface area contributed by atoms with E-state index >= 15 is 0 Å². The van der Waals surface area contributed by atoms with Gasteiger partial charge in [0.2, 0.25) is 0 Å². The first kappa shape index (κ1) is 21.5. The predicted molar refractivity (Wildman–Crippen MR) is 130 cm³/mol. The van der Waals surface area contributed by atoms with Crippen molar-refractivity contribution in [1.82, 2.24) is 4.90 Å².